The molecular weight excluding hydrogens is 260 g/mol. The first-order valence-corrected chi connectivity index (χ1v) is 6.54. The third-order valence-electron chi connectivity index (χ3n) is 3.27. The van der Waals surface area contributed by atoms with Crippen molar-refractivity contribution >= 4 is 17.3 Å². The number of amides is 1. The maximum absolute atomic E-state index is 11.9. The van der Waals surface area contributed by atoms with E-state index in [1.807, 2.05) is 0 Å². The van der Waals surface area contributed by atoms with E-state index in [9.17, 15) is 14.9 Å². The number of nitro groups is 1. The summed E-state index contributed by atoms with van der Waals surface area (Å²) in [6, 6.07) is 4.43. The highest BCUT2D eigenvalue weighted by atomic mass is 16.6. The van der Waals surface area contributed by atoms with E-state index in [2.05, 4.69) is 15.5 Å². The van der Waals surface area contributed by atoms with Crippen LogP contribution in [0.15, 0.2) is 18.2 Å². The summed E-state index contributed by atoms with van der Waals surface area (Å²) in [6.07, 6.45) is 0. The Kier molecular flexibility index (Phi) is 4.65. The van der Waals surface area contributed by atoms with E-state index in [-0.39, 0.29) is 11.6 Å². The first-order chi connectivity index (χ1) is 9.56. The predicted molar refractivity (Wildman–Crippen MR) is 75.8 cm³/mol. The zero-order valence-corrected chi connectivity index (χ0v) is 11.4. The van der Waals surface area contributed by atoms with E-state index in [0.717, 1.165) is 26.2 Å². The summed E-state index contributed by atoms with van der Waals surface area (Å²) in [5, 5.41) is 16.7. The Bertz CT molecular complexity index is 512. The van der Waals surface area contributed by atoms with E-state index in [1.165, 1.54) is 12.1 Å². The van der Waals surface area contributed by atoms with E-state index in [0.29, 0.717) is 17.8 Å². The lowest BCUT2D eigenvalue weighted by Gasteiger charge is -2.26. The van der Waals surface area contributed by atoms with E-state index in [4.69, 9.17) is 0 Å². The SMILES string of the molecule is Cc1cc([N+](=O)[O-])ccc1NC(=O)CN1CCNCC1. The highest BCUT2D eigenvalue weighted by molar-refractivity contribution is 5.93. The van der Waals surface area contributed by atoms with Gasteiger partial charge in [-0.1, -0.05) is 0 Å². The third-order valence-corrected chi connectivity index (χ3v) is 3.27. The standard InChI is InChI=1S/C13H18N4O3/c1-10-8-11(17(19)20)2-3-12(10)15-13(18)9-16-6-4-14-5-7-16/h2-3,8,14H,4-7,9H2,1H3,(H,15,18). The van der Waals surface area contributed by atoms with Gasteiger partial charge in [0.1, 0.15) is 0 Å². The molecule has 1 heterocycles. The largest absolute Gasteiger partial charge is 0.325 e. The Balaban J connectivity index is 1.95. The van der Waals surface area contributed by atoms with Gasteiger partial charge in [0.15, 0.2) is 0 Å². The number of non-ortho nitro benzene ring substituents is 1. The first kappa shape index (κ1) is 14.4. The summed E-state index contributed by atoms with van der Waals surface area (Å²) in [6.45, 7) is 5.58. The molecule has 0 spiro atoms. The molecule has 0 bridgehead atoms. The molecule has 7 heteroatoms. The quantitative estimate of drug-likeness (QED) is 0.626. The Morgan fingerprint density at radius 1 is 1.45 bits per heavy atom. The molecule has 1 fully saturated rings. The second-order valence-electron chi connectivity index (χ2n) is 4.83. The fourth-order valence-corrected chi connectivity index (χ4v) is 2.16. The zero-order chi connectivity index (χ0) is 14.5. The van der Waals surface area contributed by atoms with Crippen LogP contribution >= 0.6 is 0 Å². The van der Waals surface area contributed by atoms with Gasteiger partial charge in [0.2, 0.25) is 5.91 Å². The molecule has 1 aliphatic heterocycles. The van der Waals surface area contributed by atoms with Gasteiger partial charge in [-0.05, 0) is 18.6 Å². The number of carbonyl (C=O) groups excluding carboxylic acids is 1. The lowest BCUT2D eigenvalue weighted by Crippen LogP contribution is -2.46. The third kappa shape index (κ3) is 3.75. The Labute approximate surface area is 117 Å². The topological polar surface area (TPSA) is 87.5 Å². The number of nitrogens with zero attached hydrogens (tertiary/aromatic N) is 2. The van der Waals surface area contributed by atoms with Crippen molar-refractivity contribution in [3.05, 3.63) is 33.9 Å². The molecule has 1 aromatic rings. The van der Waals surface area contributed by atoms with Crippen LogP contribution in [-0.4, -0.2) is 48.5 Å². The fourth-order valence-electron chi connectivity index (χ4n) is 2.16. The summed E-state index contributed by atoms with van der Waals surface area (Å²) < 4.78 is 0. The predicted octanol–water partition coefficient (Wildman–Crippen LogP) is 0.747. The molecule has 108 valence electrons. The smallest absolute Gasteiger partial charge is 0.269 e. The monoisotopic (exact) mass is 278 g/mol. The summed E-state index contributed by atoms with van der Waals surface area (Å²) in [5.41, 5.74) is 1.34. The van der Waals surface area contributed by atoms with Gasteiger partial charge in [0, 0.05) is 44.0 Å². The molecule has 0 saturated carbocycles. The molecule has 2 N–H and O–H groups in total. The normalized spacial score (nSPS) is 15.8. The first-order valence-electron chi connectivity index (χ1n) is 6.54. The second-order valence-corrected chi connectivity index (χ2v) is 4.83. The minimum absolute atomic E-state index is 0.0302. The van der Waals surface area contributed by atoms with Gasteiger partial charge < -0.3 is 10.6 Å². The van der Waals surface area contributed by atoms with Crippen molar-refractivity contribution in [1.29, 1.82) is 0 Å². The number of piperazine rings is 1. The van der Waals surface area contributed by atoms with Gasteiger partial charge >= 0.3 is 0 Å². The number of hydrogen-bond acceptors (Lipinski definition) is 5. The number of aryl methyl sites for hydroxylation is 1. The van der Waals surface area contributed by atoms with Crippen molar-refractivity contribution in [2.75, 3.05) is 38.0 Å². The Morgan fingerprint density at radius 2 is 2.15 bits per heavy atom. The molecule has 0 radical (unpaired) electrons. The molecule has 7 nitrogen and oxygen atoms in total. The van der Waals surface area contributed by atoms with Crippen molar-refractivity contribution in [3.8, 4) is 0 Å². The van der Waals surface area contributed by atoms with Gasteiger partial charge in [0.05, 0.1) is 11.5 Å². The van der Waals surface area contributed by atoms with E-state index in [1.54, 1.807) is 13.0 Å². The average Bonchev–Trinajstić information content (AvgIpc) is 2.42. The van der Waals surface area contributed by atoms with Crippen molar-refractivity contribution in [2.45, 2.75) is 6.92 Å². The number of hydrogen-bond donors (Lipinski definition) is 2. The molecule has 2 rings (SSSR count). The van der Waals surface area contributed by atoms with Gasteiger partial charge in [-0.3, -0.25) is 19.8 Å². The molecule has 0 aliphatic carbocycles. The van der Waals surface area contributed by atoms with Crippen molar-refractivity contribution < 1.29 is 9.72 Å². The Hall–Kier alpha value is -1.99. The lowest BCUT2D eigenvalue weighted by atomic mass is 10.2. The van der Waals surface area contributed by atoms with Gasteiger partial charge in [0.25, 0.3) is 5.69 Å². The van der Waals surface area contributed by atoms with Gasteiger partial charge in [-0.25, -0.2) is 0 Å². The van der Waals surface area contributed by atoms with Crippen molar-refractivity contribution in [2.24, 2.45) is 0 Å². The van der Waals surface area contributed by atoms with Crippen LogP contribution < -0.4 is 10.6 Å². The minimum atomic E-state index is -0.445. The van der Waals surface area contributed by atoms with Crippen LogP contribution in [-0.2, 0) is 4.79 Å². The summed E-state index contributed by atoms with van der Waals surface area (Å²) in [5.74, 6) is -0.0937. The highest BCUT2D eigenvalue weighted by Gasteiger charge is 2.15. The molecule has 1 aliphatic rings. The molecular formula is C13H18N4O3. The van der Waals surface area contributed by atoms with E-state index < -0.39 is 4.92 Å². The molecule has 1 amide bonds. The second kappa shape index (κ2) is 6.44. The number of rotatable bonds is 4. The van der Waals surface area contributed by atoms with Crippen LogP contribution in [0.4, 0.5) is 11.4 Å². The number of nitrogens with one attached hydrogen (secondary N) is 2. The molecule has 0 unspecified atom stereocenters. The van der Waals surface area contributed by atoms with Crippen LogP contribution in [0.5, 0.6) is 0 Å². The van der Waals surface area contributed by atoms with E-state index >= 15 is 0 Å². The fraction of sp³-hybridized carbons (Fsp3) is 0.462. The lowest BCUT2D eigenvalue weighted by molar-refractivity contribution is -0.384. The zero-order valence-electron chi connectivity index (χ0n) is 11.4. The maximum Gasteiger partial charge on any atom is 0.269 e. The maximum atomic E-state index is 11.9. The van der Waals surface area contributed by atoms with Crippen LogP contribution in [0, 0.1) is 17.0 Å². The number of carbonyl (C=O) groups is 1. The number of nitro benzene ring substituents is 1. The summed E-state index contributed by atoms with van der Waals surface area (Å²) in [4.78, 5) is 24.2. The molecule has 0 atom stereocenters. The Morgan fingerprint density at radius 3 is 2.75 bits per heavy atom. The highest BCUT2D eigenvalue weighted by Crippen LogP contribution is 2.21. The summed E-state index contributed by atoms with van der Waals surface area (Å²) >= 11 is 0. The average molecular weight is 278 g/mol. The molecule has 1 aromatic carbocycles. The van der Waals surface area contributed by atoms with Crippen molar-refractivity contribution in [3.63, 3.8) is 0 Å². The van der Waals surface area contributed by atoms with Crippen LogP contribution in [0.1, 0.15) is 5.56 Å². The van der Waals surface area contributed by atoms with Crippen LogP contribution in [0.25, 0.3) is 0 Å². The van der Waals surface area contributed by atoms with Gasteiger partial charge in [-0.15, -0.1) is 0 Å². The van der Waals surface area contributed by atoms with Crippen molar-refractivity contribution in [1.82, 2.24) is 10.2 Å². The van der Waals surface area contributed by atoms with Gasteiger partial charge in [-0.2, -0.15) is 0 Å². The molecule has 20 heavy (non-hydrogen) atoms. The summed E-state index contributed by atoms with van der Waals surface area (Å²) in [7, 11) is 0. The van der Waals surface area contributed by atoms with Crippen LogP contribution in [0.2, 0.25) is 0 Å². The molecule has 0 aromatic heterocycles. The van der Waals surface area contributed by atoms with Crippen LogP contribution in [0.3, 0.4) is 0 Å². The minimum Gasteiger partial charge on any atom is -0.325 e. The number of benzene rings is 1. The number of anilines is 1. The molecule has 1 saturated heterocycles.